The maximum atomic E-state index is 13.6. The molecule has 222 valence electrons. The Bertz CT molecular complexity index is 1660. The quantitative estimate of drug-likeness (QED) is 0.166. The molecule has 0 fully saturated rings. The van der Waals surface area contributed by atoms with Gasteiger partial charge in [0.25, 0.3) is 12.3 Å². The molecule has 0 bridgehead atoms. The van der Waals surface area contributed by atoms with Crippen molar-refractivity contribution in [2.45, 2.75) is 26.8 Å². The van der Waals surface area contributed by atoms with Crippen LogP contribution in [0.25, 0.3) is 11.0 Å². The van der Waals surface area contributed by atoms with Crippen LogP contribution in [0, 0.1) is 11.7 Å². The van der Waals surface area contributed by atoms with E-state index < -0.39 is 24.8 Å². The number of imidazole rings is 1. The second-order valence-electron chi connectivity index (χ2n) is 9.51. The van der Waals surface area contributed by atoms with Crippen LogP contribution in [0.5, 0.6) is 5.75 Å². The summed E-state index contributed by atoms with van der Waals surface area (Å²) in [6.07, 6.45) is -2.79. The van der Waals surface area contributed by atoms with Crippen molar-refractivity contribution in [1.29, 1.82) is 0 Å². The third-order valence-corrected chi connectivity index (χ3v) is 7.19. The van der Waals surface area contributed by atoms with E-state index in [1.54, 1.807) is 37.6 Å². The predicted octanol–water partition coefficient (Wildman–Crippen LogP) is 7.58. The summed E-state index contributed by atoms with van der Waals surface area (Å²) in [5.41, 5.74) is 1.79. The van der Waals surface area contributed by atoms with E-state index in [9.17, 15) is 22.8 Å². The smallest absolute Gasteiger partial charge is 0.272 e. The highest BCUT2D eigenvalue weighted by molar-refractivity contribution is 6.39. The fraction of sp³-hybridized carbons (Fsp3) is 0.250. The van der Waals surface area contributed by atoms with Crippen molar-refractivity contribution in [2.75, 3.05) is 17.2 Å². The van der Waals surface area contributed by atoms with E-state index in [4.69, 9.17) is 39.5 Å². The molecule has 0 atom stereocenters. The number of aryl methyl sites for hydroxylation is 1. The van der Waals surface area contributed by atoms with Crippen LogP contribution in [0.2, 0.25) is 15.1 Å². The Morgan fingerprint density at radius 2 is 1.79 bits per heavy atom. The van der Waals surface area contributed by atoms with Crippen LogP contribution >= 0.6 is 34.8 Å². The zero-order valence-electron chi connectivity index (χ0n) is 22.5. The Hall–Kier alpha value is -3.67. The first-order valence-electron chi connectivity index (χ1n) is 12.5. The number of carbonyl (C=O) groups excluding carboxylic acids is 2. The number of amides is 2. The molecular formula is C28H25Cl3F3N5O3. The Morgan fingerprint density at radius 1 is 1.05 bits per heavy atom. The minimum Gasteiger partial charge on any atom is -0.487 e. The summed E-state index contributed by atoms with van der Waals surface area (Å²) in [5, 5.41) is 8.78. The van der Waals surface area contributed by atoms with Crippen molar-refractivity contribution in [3.63, 3.8) is 0 Å². The lowest BCUT2D eigenvalue weighted by molar-refractivity contribution is -0.124. The lowest BCUT2D eigenvalue weighted by atomic mass is 10.1. The molecule has 3 aromatic carbocycles. The second kappa shape index (κ2) is 13.1. The van der Waals surface area contributed by atoms with Gasteiger partial charge in [-0.05, 0) is 35.9 Å². The standard InChI is InChI=1S/C28H25Cl3F3N5O3/c1-13(2)26(40)35-11-14-4-6-17(29)25(24(14)31)38-28-37-20-9-16(22(42-12-23(33)34)10-21(20)39(28)3)27(41)36-15-5-7-19(32)18(30)8-15/h4-10,13,23H,11-12H2,1-3H3,(H,35,40)(H,36,41)(H,37,38). The summed E-state index contributed by atoms with van der Waals surface area (Å²) in [6.45, 7) is 2.76. The molecule has 0 aliphatic rings. The lowest BCUT2D eigenvalue weighted by Crippen LogP contribution is -2.27. The van der Waals surface area contributed by atoms with Gasteiger partial charge in [0.05, 0.1) is 37.4 Å². The van der Waals surface area contributed by atoms with E-state index in [0.29, 0.717) is 22.3 Å². The molecule has 0 radical (unpaired) electrons. The third-order valence-electron chi connectivity index (χ3n) is 6.15. The Balaban J connectivity index is 1.69. The second-order valence-corrected chi connectivity index (χ2v) is 10.7. The summed E-state index contributed by atoms with van der Waals surface area (Å²) in [6, 6.07) is 9.69. The summed E-state index contributed by atoms with van der Waals surface area (Å²) < 4.78 is 46.5. The number of hydrogen-bond donors (Lipinski definition) is 3. The van der Waals surface area contributed by atoms with Crippen molar-refractivity contribution in [3.8, 4) is 5.75 Å². The number of hydrogen-bond acceptors (Lipinski definition) is 5. The molecule has 14 heteroatoms. The number of benzene rings is 3. The number of aromatic nitrogens is 2. The number of alkyl halides is 2. The zero-order valence-corrected chi connectivity index (χ0v) is 24.8. The van der Waals surface area contributed by atoms with E-state index >= 15 is 0 Å². The summed E-state index contributed by atoms with van der Waals surface area (Å²) in [5.74, 6) is -1.59. The molecule has 0 spiro atoms. The van der Waals surface area contributed by atoms with Gasteiger partial charge in [-0.25, -0.2) is 18.2 Å². The number of carbonyl (C=O) groups is 2. The Morgan fingerprint density at radius 3 is 2.45 bits per heavy atom. The molecule has 0 saturated heterocycles. The van der Waals surface area contributed by atoms with E-state index in [-0.39, 0.29) is 56.4 Å². The average molecular weight is 643 g/mol. The summed E-state index contributed by atoms with van der Waals surface area (Å²) >= 11 is 18.9. The first-order chi connectivity index (χ1) is 19.8. The Labute approximate surface area is 254 Å². The fourth-order valence-electron chi connectivity index (χ4n) is 3.90. The van der Waals surface area contributed by atoms with E-state index in [0.717, 1.165) is 6.07 Å². The van der Waals surface area contributed by atoms with Gasteiger partial charge >= 0.3 is 0 Å². The van der Waals surface area contributed by atoms with E-state index in [1.807, 2.05) is 0 Å². The van der Waals surface area contributed by atoms with Gasteiger partial charge < -0.3 is 25.3 Å². The molecule has 0 saturated carbocycles. The molecule has 3 N–H and O–H groups in total. The van der Waals surface area contributed by atoms with Crippen LogP contribution in [0.1, 0.15) is 29.8 Å². The third kappa shape index (κ3) is 7.03. The topological polar surface area (TPSA) is 97.3 Å². The minimum absolute atomic E-state index is 0.0906. The van der Waals surface area contributed by atoms with Crippen LogP contribution in [-0.2, 0) is 18.4 Å². The zero-order chi connectivity index (χ0) is 30.7. The average Bonchev–Trinajstić information content (AvgIpc) is 3.24. The molecule has 0 unspecified atom stereocenters. The van der Waals surface area contributed by atoms with Gasteiger partial charge in [-0.15, -0.1) is 0 Å². The van der Waals surface area contributed by atoms with Gasteiger partial charge in [0.15, 0.2) is 0 Å². The molecule has 4 aromatic rings. The predicted molar refractivity (Wildman–Crippen MR) is 158 cm³/mol. The normalized spacial score (nSPS) is 11.3. The summed E-state index contributed by atoms with van der Waals surface area (Å²) in [7, 11) is 1.66. The van der Waals surface area contributed by atoms with Gasteiger partial charge in [0.2, 0.25) is 11.9 Å². The van der Waals surface area contributed by atoms with Gasteiger partial charge in [-0.1, -0.05) is 54.7 Å². The lowest BCUT2D eigenvalue weighted by Gasteiger charge is -2.15. The highest BCUT2D eigenvalue weighted by atomic mass is 35.5. The molecule has 8 nitrogen and oxygen atoms in total. The maximum absolute atomic E-state index is 13.6. The number of anilines is 3. The molecule has 2 amide bonds. The molecule has 0 aliphatic carbocycles. The fourth-order valence-corrected chi connectivity index (χ4v) is 4.61. The highest BCUT2D eigenvalue weighted by Gasteiger charge is 2.21. The van der Waals surface area contributed by atoms with Gasteiger partial charge in [-0.2, -0.15) is 0 Å². The van der Waals surface area contributed by atoms with E-state index in [2.05, 4.69) is 20.9 Å². The SMILES string of the molecule is CC(C)C(=O)NCc1ccc(Cl)c(Nc2nc3cc(C(=O)Nc4ccc(F)c(Cl)c4)c(OCC(F)F)cc3n2C)c1Cl. The number of halogens is 6. The Kier molecular flexibility index (Phi) is 9.75. The van der Waals surface area contributed by atoms with Crippen LogP contribution in [0.15, 0.2) is 42.5 Å². The van der Waals surface area contributed by atoms with Crippen molar-refractivity contribution in [3.05, 3.63) is 74.5 Å². The van der Waals surface area contributed by atoms with Crippen molar-refractivity contribution in [2.24, 2.45) is 13.0 Å². The molecule has 4 rings (SSSR count). The molecule has 0 aliphatic heterocycles. The number of rotatable bonds is 10. The van der Waals surface area contributed by atoms with Crippen molar-refractivity contribution < 1.29 is 27.5 Å². The number of nitrogens with zero attached hydrogens (tertiary/aromatic N) is 2. The highest BCUT2D eigenvalue weighted by Crippen LogP contribution is 2.37. The van der Waals surface area contributed by atoms with Gasteiger partial charge in [-0.3, -0.25) is 9.59 Å². The van der Waals surface area contributed by atoms with E-state index in [1.165, 1.54) is 24.3 Å². The first kappa shape index (κ1) is 31.3. The molecular weight excluding hydrogens is 618 g/mol. The van der Waals surface area contributed by atoms with Crippen LogP contribution in [0.3, 0.4) is 0 Å². The molecule has 1 heterocycles. The largest absolute Gasteiger partial charge is 0.487 e. The first-order valence-corrected chi connectivity index (χ1v) is 13.7. The van der Waals surface area contributed by atoms with Gasteiger partial charge in [0, 0.05) is 31.3 Å². The van der Waals surface area contributed by atoms with Crippen molar-refractivity contribution in [1.82, 2.24) is 14.9 Å². The van der Waals surface area contributed by atoms with Crippen LogP contribution < -0.4 is 20.7 Å². The van der Waals surface area contributed by atoms with Crippen LogP contribution in [-0.4, -0.2) is 34.4 Å². The minimum atomic E-state index is -2.79. The number of ether oxygens (including phenoxy) is 1. The maximum Gasteiger partial charge on any atom is 0.272 e. The summed E-state index contributed by atoms with van der Waals surface area (Å²) in [4.78, 5) is 29.7. The van der Waals surface area contributed by atoms with Crippen LogP contribution in [0.4, 0.5) is 30.5 Å². The molecule has 1 aromatic heterocycles. The van der Waals surface area contributed by atoms with Crippen molar-refractivity contribution >= 4 is 75.0 Å². The number of nitrogens with one attached hydrogen (secondary N) is 3. The number of fused-ring (bicyclic) bond motifs is 1. The molecule has 42 heavy (non-hydrogen) atoms. The van der Waals surface area contributed by atoms with Gasteiger partial charge in [0.1, 0.15) is 18.2 Å². The monoisotopic (exact) mass is 641 g/mol.